The second kappa shape index (κ2) is 6.24. The second-order valence-corrected chi connectivity index (χ2v) is 7.67. The number of benzene rings is 1. The Labute approximate surface area is 154 Å². The SMILES string of the molecule is Cc1cc(-c2c(C)ccc3c2oc2ncccc23)[n+](C)cc1CC(C)C. The van der Waals surface area contributed by atoms with Crippen molar-refractivity contribution in [1.82, 2.24) is 4.98 Å². The van der Waals surface area contributed by atoms with Crippen molar-refractivity contribution in [3.8, 4) is 11.3 Å². The van der Waals surface area contributed by atoms with Gasteiger partial charge < -0.3 is 4.42 Å². The van der Waals surface area contributed by atoms with Crippen molar-refractivity contribution in [1.29, 1.82) is 0 Å². The highest BCUT2D eigenvalue weighted by atomic mass is 16.3. The van der Waals surface area contributed by atoms with Crippen molar-refractivity contribution >= 4 is 22.1 Å². The van der Waals surface area contributed by atoms with Crippen LogP contribution in [-0.2, 0) is 13.5 Å². The first kappa shape index (κ1) is 16.8. The molecule has 3 nitrogen and oxygen atoms in total. The van der Waals surface area contributed by atoms with Crippen LogP contribution >= 0.6 is 0 Å². The van der Waals surface area contributed by atoms with Crippen LogP contribution in [0.25, 0.3) is 33.3 Å². The summed E-state index contributed by atoms with van der Waals surface area (Å²) in [6.07, 6.45) is 5.14. The number of hydrogen-bond donors (Lipinski definition) is 0. The van der Waals surface area contributed by atoms with Crippen LogP contribution in [0.3, 0.4) is 0 Å². The third kappa shape index (κ3) is 2.68. The van der Waals surface area contributed by atoms with Gasteiger partial charge in [-0.2, -0.15) is 0 Å². The van der Waals surface area contributed by atoms with Gasteiger partial charge in [-0.1, -0.05) is 26.0 Å². The molecule has 26 heavy (non-hydrogen) atoms. The standard InChI is InChI=1S/C23H25N2O/c1-14(2)11-17-13-25(5)20(12-16(17)4)21-15(3)8-9-18-19-7-6-10-24-23(19)26-22(18)21/h6-10,12-14H,11H2,1-5H3/q+1. The van der Waals surface area contributed by atoms with E-state index in [0.29, 0.717) is 11.6 Å². The van der Waals surface area contributed by atoms with E-state index in [0.717, 1.165) is 28.3 Å². The fourth-order valence-electron chi connectivity index (χ4n) is 3.80. The molecule has 1 aromatic carbocycles. The third-order valence-corrected chi connectivity index (χ3v) is 5.10. The molecule has 0 radical (unpaired) electrons. The average Bonchev–Trinajstić information content (AvgIpc) is 2.96. The van der Waals surface area contributed by atoms with Gasteiger partial charge in [-0.15, -0.1) is 0 Å². The van der Waals surface area contributed by atoms with Gasteiger partial charge in [-0.05, 0) is 49.4 Å². The van der Waals surface area contributed by atoms with E-state index in [1.165, 1.54) is 22.4 Å². The number of rotatable bonds is 3. The summed E-state index contributed by atoms with van der Waals surface area (Å²) in [5.74, 6) is 0.645. The summed E-state index contributed by atoms with van der Waals surface area (Å²) >= 11 is 0. The van der Waals surface area contributed by atoms with Gasteiger partial charge in [0.2, 0.25) is 11.4 Å². The molecule has 4 aromatic rings. The molecule has 0 amide bonds. The largest absolute Gasteiger partial charge is 0.437 e. The predicted molar refractivity (Wildman–Crippen MR) is 106 cm³/mol. The quantitative estimate of drug-likeness (QED) is 0.472. The third-order valence-electron chi connectivity index (χ3n) is 5.10. The van der Waals surface area contributed by atoms with Crippen LogP contribution in [0, 0.1) is 19.8 Å². The molecule has 4 rings (SSSR count). The number of furan rings is 1. The molecule has 0 fully saturated rings. The molecule has 0 saturated heterocycles. The maximum atomic E-state index is 6.18. The lowest BCUT2D eigenvalue weighted by molar-refractivity contribution is -0.660. The number of aromatic nitrogens is 2. The molecule has 0 bridgehead atoms. The van der Waals surface area contributed by atoms with Gasteiger partial charge in [0, 0.05) is 28.6 Å². The van der Waals surface area contributed by atoms with E-state index in [9.17, 15) is 0 Å². The van der Waals surface area contributed by atoms with Crippen LogP contribution in [-0.4, -0.2) is 4.98 Å². The van der Waals surface area contributed by atoms with E-state index in [1.54, 1.807) is 6.20 Å². The molecule has 0 saturated carbocycles. The van der Waals surface area contributed by atoms with E-state index >= 15 is 0 Å². The fraction of sp³-hybridized carbons (Fsp3) is 0.304. The van der Waals surface area contributed by atoms with E-state index in [2.05, 4.69) is 74.8 Å². The van der Waals surface area contributed by atoms with Crippen LogP contribution in [0.2, 0.25) is 0 Å². The molecule has 3 heteroatoms. The first-order valence-corrected chi connectivity index (χ1v) is 9.22. The zero-order valence-corrected chi connectivity index (χ0v) is 16.1. The van der Waals surface area contributed by atoms with Crippen LogP contribution in [0.15, 0.2) is 47.1 Å². The van der Waals surface area contributed by atoms with Crippen LogP contribution in [0.5, 0.6) is 0 Å². The van der Waals surface area contributed by atoms with Crippen molar-refractivity contribution in [2.75, 3.05) is 0 Å². The Kier molecular flexibility index (Phi) is 4.03. The number of pyridine rings is 2. The summed E-state index contributed by atoms with van der Waals surface area (Å²) in [7, 11) is 2.12. The molecule has 0 N–H and O–H groups in total. The Morgan fingerprint density at radius 3 is 2.65 bits per heavy atom. The van der Waals surface area contributed by atoms with E-state index in [-0.39, 0.29) is 0 Å². The lowest BCUT2D eigenvalue weighted by atomic mass is 9.96. The Hall–Kier alpha value is -2.68. The lowest BCUT2D eigenvalue weighted by Gasteiger charge is -2.11. The summed E-state index contributed by atoms with van der Waals surface area (Å²) < 4.78 is 8.41. The van der Waals surface area contributed by atoms with Crippen LogP contribution in [0.4, 0.5) is 0 Å². The molecule has 0 atom stereocenters. The number of fused-ring (bicyclic) bond motifs is 3. The number of nitrogens with zero attached hydrogens (tertiary/aromatic N) is 2. The highest BCUT2D eigenvalue weighted by Gasteiger charge is 2.22. The van der Waals surface area contributed by atoms with E-state index < -0.39 is 0 Å². The van der Waals surface area contributed by atoms with Crippen molar-refractivity contribution < 1.29 is 8.98 Å². The topological polar surface area (TPSA) is 29.9 Å². The van der Waals surface area contributed by atoms with Gasteiger partial charge in [0.25, 0.3) is 0 Å². The highest BCUT2D eigenvalue weighted by Crippen LogP contribution is 2.36. The molecule has 0 aliphatic carbocycles. The molecule has 3 aromatic heterocycles. The van der Waals surface area contributed by atoms with Gasteiger partial charge in [0.1, 0.15) is 7.05 Å². The summed E-state index contributed by atoms with van der Waals surface area (Å²) in [4.78, 5) is 4.40. The molecule has 3 heterocycles. The first-order chi connectivity index (χ1) is 12.5. The molecule has 0 spiro atoms. The number of aryl methyl sites for hydroxylation is 3. The zero-order valence-electron chi connectivity index (χ0n) is 16.1. The molecule has 0 aliphatic heterocycles. The summed E-state index contributed by atoms with van der Waals surface area (Å²) in [5, 5.41) is 2.19. The lowest BCUT2D eigenvalue weighted by Crippen LogP contribution is -2.32. The molecular formula is C23H25N2O+. The molecule has 0 aliphatic rings. The highest BCUT2D eigenvalue weighted by molar-refractivity contribution is 6.08. The first-order valence-electron chi connectivity index (χ1n) is 9.22. The molecular weight excluding hydrogens is 320 g/mol. The second-order valence-electron chi connectivity index (χ2n) is 7.67. The van der Waals surface area contributed by atoms with Gasteiger partial charge in [-0.25, -0.2) is 9.55 Å². The van der Waals surface area contributed by atoms with Crippen molar-refractivity contribution in [2.24, 2.45) is 13.0 Å². The monoisotopic (exact) mass is 345 g/mol. The predicted octanol–water partition coefficient (Wildman–Crippen LogP) is 5.29. The van der Waals surface area contributed by atoms with Crippen molar-refractivity contribution in [3.63, 3.8) is 0 Å². The van der Waals surface area contributed by atoms with Crippen molar-refractivity contribution in [2.45, 2.75) is 34.1 Å². The summed E-state index contributed by atoms with van der Waals surface area (Å²) in [6.45, 7) is 8.88. The average molecular weight is 345 g/mol. The van der Waals surface area contributed by atoms with E-state index in [4.69, 9.17) is 4.42 Å². The van der Waals surface area contributed by atoms with Gasteiger partial charge in [-0.3, -0.25) is 0 Å². The van der Waals surface area contributed by atoms with Gasteiger partial charge in [0.05, 0.1) is 5.56 Å². The van der Waals surface area contributed by atoms with Crippen LogP contribution in [0.1, 0.15) is 30.5 Å². The van der Waals surface area contributed by atoms with Crippen LogP contribution < -0.4 is 4.57 Å². The normalized spacial score (nSPS) is 11.8. The Morgan fingerprint density at radius 2 is 1.88 bits per heavy atom. The summed E-state index contributed by atoms with van der Waals surface area (Å²) in [6, 6.07) is 10.6. The number of hydrogen-bond acceptors (Lipinski definition) is 2. The zero-order chi connectivity index (χ0) is 18.4. The maximum absolute atomic E-state index is 6.18. The minimum absolute atomic E-state index is 0.645. The van der Waals surface area contributed by atoms with Gasteiger partial charge in [0.15, 0.2) is 11.8 Å². The smallest absolute Gasteiger partial charge is 0.227 e. The Balaban J connectivity index is 1.99. The van der Waals surface area contributed by atoms with Crippen molar-refractivity contribution in [3.05, 3.63) is 59.4 Å². The van der Waals surface area contributed by atoms with Gasteiger partial charge >= 0.3 is 0 Å². The Bertz CT molecular complexity index is 1120. The maximum Gasteiger partial charge on any atom is 0.227 e. The minimum Gasteiger partial charge on any atom is -0.437 e. The molecule has 0 unspecified atom stereocenters. The molecule has 132 valence electrons. The van der Waals surface area contributed by atoms with E-state index in [1.807, 2.05) is 6.07 Å². The fourth-order valence-corrected chi connectivity index (χ4v) is 3.80. The summed E-state index contributed by atoms with van der Waals surface area (Å²) in [5.41, 5.74) is 7.90. The minimum atomic E-state index is 0.645. The Morgan fingerprint density at radius 1 is 1.08 bits per heavy atom.